The first-order valence-electron chi connectivity index (χ1n) is 10.3. The van der Waals surface area contributed by atoms with E-state index in [4.69, 9.17) is 9.47 Å². The van der Waals surface area contributed by atoms with Crippen LogP contribution in [0.2, 0.25) is 0 Å². The van der Waals surface area contributed by atoms with Crippen molar-refractivity contribution in [3.05, 3.63) is 47.5 Å². The Labute approximate surface area is 191 Å². The van der Waals surface area contributed by atoms with E-state index in [1.165, 1.54) is 22.9 Å². The van der Waals surface area contributed by atoms with E-state index < -0.39 is 0 Å². The van der Waals surface area contributed by atoms with Gasteiger partial charge in [-0.05, 0) is 42.3 Å². The number of benzene rings is 2. The maximum Gasteiger partial charge on any atom is 0.233 e. The molecule has 6 nitrogen and oxygen atoms in total. The fourth-order valence-electron chi connectivity index (χ4n) is 3.72. The van der Waals surface area contributed by atoms with E-state index in [-0.39, 0.29) is 5.91 Å². The summed E-state index contributed by atoms with van der Waals surface area (Å²) in [6, 6.07) is 12.2. The summed E-state index contributed by atoms with van der Waals surface area (Å²) >= 11 is 3.19. The quantitative estimate of drug-likeness (QED) is 0.499. The number of rotatable bonds is 7. The fourth-order valence-corrected chi connectivity index (χ4v) is 5.69. The fraction of sp³-hybridized carbons (Fsp3) is 0.391. The Morgan fingerprint density at radius 3 is 2.52 bits per heavy atom. The molecular weight excluding hydrogens is 430 g/mol. The molecule has 0 radical (unpaired) electrons. The van der Waals surface area contributed by atoms with E-state index in [1.54, 1.807) is 25.6 Å². The predicted molar refractivity (Wildman–Crippen MR) is 126 cm³/mol. The first-order chi connectivity index (χ1) is 15.1. The Morgan fingerprint density at radius 1 is 1.10 bits per heavy atom. The minimum atomic E-state index is 0.186. The van der Waals surface area contributed by atoms with E-state index >= 15 is 0 Å². The molecule has 2 aromatic carbocycles. The first-order valence-corrected chi connectivity index (χ1v) is 12.1. The van der Waals surface area contributed by atoms with Crippen molar-refractivity contribution in [2.75, 3.05) is 46.2 Å². The summed E-state index contributed by atoms with van der Waals surface area (Å²) in [5, 5.41) is 0. The van der Waals surface area contributed by atoms with Crippen LogP contribution in [0.15, 0.2) is 40.7 Å². The molecule has 164 valence electrons. The van der Waals surface area contributed by atoms with Crippen LogP contribution in [0.4, 0.5) is 0 Å². The zero-order valence-electron chi connectivity index (χ0n) is 18.1. The third-order valence-corrected chi connectivity index (χ3v) is 7.72. The van der Waals surface area contributed by atoms with Gasteiger partial charge in [-0.15, -0.1) is 11.3 Å². The van der Waals surface area contributed by atoms with Gasteiger partial charge in [0.05, 0.1) is 30.2 Å². The molecule has 8 heteroatoms. The third kappa shape index (κ3) is 5.14. The Bertz CT molecular complexity index is 1030. The van der Waals surface area contributed by atoms with Gasteiger partial charge in [-0.25, -0.2) is 4.98 Å². The summed E-state index contributed by atoms with van der Waals surface area (Å²) in [6.45, 7) is 6.18. The molecule has 31 heavy (non-hydrogen) atoms. The van der Waals surface area contributed by atoms with Gasteiger partial charge in [-0.3, -0.25) is 9.69 Å². The molecule has 0 saturated carbocycles. The van der Waals surface area contributed by atoms with Crippen molar-refractivity contribution in [3.63, 3.8) is 0 Å². The van der Waals surface area contributed by atoms with E-state index in [2.05, 4.69) is 28.9 Å². The second kappa shape index (κ2) is 9.89. The highest BCUT2D eigenvalue weighted by molar-refractivity contribution is 8.01. The van der Waals surface area contributed by atoms with Gasteiger partial charge in [-0.1, -0.05) is 23.9 Å². The molecule has 4 rings (SSSR count). The van der Waals surface area contributed by atoms with Gasteiger partial charge in [0.15, 0.2) is 15.8 Å². The first kappa shape index (κ1) is 21.9. The number of nitrogens with zero attached hydrogens (tertiary/aromatic N) is 3. The Balaban J connectivity index is 1.28. The Hall–Kier alpha value is -2.29. The van der Waals surface area contributed by atoms with Gasteiger partial charge in [-0.2, -0.15) is 0 Å². The second-order valence-electron chi connectivity index (χ2n) is 7.53. The number of hydrogen-bond donors (Lipinski definition) is 0. The summed E-state index contributed by atoms with van der Waals surface area (Å²) in [6.07, 6.45) is 0. The molecule has 2 heterocycles. The minimum absolute atomic E-state index is 0.186. The standard InChI is InChI=1S/C23H27N3O3S2/c1-16-12-19(28-2)20(29-3)13-17(16)14-25-8-10-26(11-9-25)22(27)15-30-23-24-18-6-4-5-7-21(18)31-23/h4-7,12-13H,8-11,14-15H2,1-3H3. The number of hydrogen-bond acceptors (Lipinski definition) is 7. The van der Waals surface area contributed by atoms with Crippen molar-refractivity contribution in [2.45, 2.75) is 17.8 Å². The van der Waals surface area contributed by atoms with E-state index in [1.807, 2.05) is 29.2 Å². The molecule has 1 fully saturated rings. The van der Waals surface area contributed by atoms with Gasteiger partial charge in [0.2, 0.25) is 5.91 Å². The molecule has 0 atom stereocenters. The molecule has 0 unspecified atom stereocenters. The molecule has 1 aliphatic heterocycles. The van der Waals surface area contributed by atoms with Crippen LogP contribution >= 0.6 is 23.1 Å². The van der Waals surface area contributed by atoms with Crippen molar-refractivity contribution >= 4 is 39.2 Å². The van der Waals surface area contributed by atoms with Crippen LogP contribution in [-0.2, 0) is 11.3 Å². The number of carbonyl (C=O) groups excluding carboxylic acids is 1. The zero-order chi connectivity index (χ0) is 21.8. The maximum absolute atomic E-state index is 12.7. The summed E-state index contributed by atoms with van der Waals surface area (Å²) < 4.78 is 13.0. The number of fused-ring (bicyclic) bond motifs is 1. The number of aryl methyl sites for hydroxylation is 1. The van der Waals surface area contributed by atoms with Gasteiger partial charge in [0, 0.05) is 32.7 Å². The maximum atomic E-state index is 12.7. The van der Waals surface area contributed by atoms with Gasteiger partial charge < -0.3 is 14.4 Å². The lowest BCUT2D eigenvalue weighted by Gasteiger charge is -2.35. The largest absolute Gasteiger partial charge is 0.493 e. The van der Waals surface area contributed by atoms with Crippen LogP contribution in [0.3, 0.4) is 0 Å². The summed E-state index contributed by atoms with van der Waals surface area (Å²) in [5.74, 6) is 2.13. The molecule has 3 aromatic rings. The van der Waals surface area contributed by atoms with E-state index in [0.717, 1.165) is 58.8 Å². The Kier molecular flexibility index (Phi) is 6.99. The predicted octanol–water partition coefficient (Wildman–Crippen LogP) is 4.06. The number of amides is 1. The molecule has 0 N–H and O–H groups in total. The molecule has 1 aliphatic rings. The highest BCUT2D eigenvalue weighted by Crippen LogP contribution is 2.31. The van der Waals surface area contributed by atoms with Crippen LogP contribution in [0.1, 0.15) is 11.1 Å². The molecule has 1 amide bonds. The average Bonchev–Trinajstić information content (AvgIpc) is 3.22. The zero-order valence-corrected chi connectivity index (χ0v) is 19.7. The van der Waals surface area contributed by atoms with Crippen molar-refractivity contribution in [1.82, 2.24) is 14.8 Å². The molecule has 0 aliphatic carbocycles. The third-order valence-electron chi connectivity index (χ3n) is 5.55. The number of methoxy groups -OCH3 is 2. The number of ether oxygens (including phenoxy) is 2. The van der Waals surface area contributed by atoms with Crippen LogP contribution in [0.25, 0.3) is 10.2 Å². The SMILES string of the molecule is COc1cc(C)c(CN2CCN(C(=O)CSc3nc4ccccc4s3)CC2)cc1OC. The number of aromatic nitrogens is 1. The van der Waals surface area contributed by atoms with Crippen molar-refractivity contribution in [2.24, 2.45) is 0 Å². The highest BCUT2D eigenvalue weighted by Gasteiger charge is 2.22. The summed E-state index contributed by atoms with van der Waals surface area (Å²) in [5.41, 5.74) is 3.41. The van der Waals surface area contributed by atoms with Crippen LogP contribution < -0.4 is 9.47 Å². The van der Waals surface area contributed by atoms with E-state index in [0.29, 0.717) is 5.75 Å². The van der Waals surface area contributed by atoms with Crippen molar-refractivity contribution in [3.8, 4) is 11.5 Å². The lowest BCUT2D eigenvalue weighted by atomic mass is 10.1. The van der Waals surface area contributed by atoms with Gasteiger partial charge in [0.1, 0.15) is 0 Å². The molecule has 1 aromatic heterocycles. The lowest BCUT2D eigenvalue weighted by molar-refractivity contribution is -0.130. The van der Waals surface area contributed by atoms with Crippen molar-refractivity contribution in [1.29, 1.82) is 0 Å². The Morgan fingerprint density at radius 2 is 1.81 bits per heavy atom. The molecule has 0 bridgehead atoms. The number of thioether (sulfide) groups is 1. The molecular formula is C23H27N3O3S2. The van der Waals surface area contributed by atoms with Crippen LogP contribution in [0, 0.1) is 6.92 Å². The molecule has 0 spiro atoms. The summed E-state index contributed by atoms with van der Waals surface area (Å²) in [7, 11) is 3.32. The van der Waals surface area contributed by atoms with Crippen LogP contribution in [-0.4, -0.2) is 66.8 Å². The number of thiazole rings is 1. The normalized spacial score (nSPS) is 14.7. The summed E-state index contributed by atoms with van der Waals surface area (Å²) in [4.78, 5) is 21.7. The topological polar surface area (TPSA) is 54.9 Å². The number of carbonyl (C=O) groups is 1. The highest BCUT2D eigenvalue weighted by atomic mass is 32.2. The van der Waals surface area contributed by atoms with Crippen LogP contribution in [0.5, 0.6) is 11.5 Å². The second-order valence-corrected chi connectivity index (χ2v) is 9.78. The smallest absolute Gasteiger partial charge is 0.233 e. The minimum Gasteiger partial charge on any atom is -0.493 e. The number of piperazine rings is 1. The van der Waals surface area contributed by atoms with Gasteiger partial charge in [0.25, 0.3) is 0 Å². The van der Waals surface area contributed by atoms with E-state index in [9.17, 15) is 4.79 Å². The average molecular weight is 458 g/mol. The molecule has 1 saturated heterocycles. The lowest BCUT2D eigenvalue weighted by Crippen LogP contribution is -2.48. The van der Waals surface area contributed by atoms with Crippen molar-refractivity contribution < 1.29 is 14.3 Å². The number of para-hydroxylation sites is 1. The van der Waals surface area contributed by atoms with Gasteiger partial charge >= 0.3 is 0 Å². The monoisotopic (exact) mass is 457 g/mol.